The lowest BCUT2D eigenvalue weighted by molar-refractivity contribution is -0.119. The largest absolute Gasteiger partial charge is 0.377 e. The summed E-state index contributed by atoms with van der Waals surface area (Å²) in [5.74, 6) is -0.555. The van der Waals surface area contributed by atoms with Crippen molar-refractivity contribution in [1.29, 1.82) is 0 Å². The summed E-state index contributed by atoms with van der Waals surface area (Å²) in [6.07, 6.45) is 1.51. The second-order valence-electron chi connectivity index (χ2n) is 8.01. The number of anilines is 2. The number of nitrogens with one attached hydrogen (secondary N) is 1. The first-order valence-corrected chi connectivity index (χ1v) is 12.8. The van der Waals surface area contributed by atoms with Gasteiger partial charge in [-0.25, -0.2) is 13.8 Å². The van der Waals surface area contributed by atoms with Crippen LogP contribution in [0.2, 0.25) is 0 Å². The minimum Gasteiger partial charge on any atom is -0.377 e. The summed E-state index contributed by atoms with van der Waals surface area (Å²) in [6.45, 7) is 3.27. The third-order valence-electron chi connectivity index (χ3n) is 5.11. The zero-order valence-electron chi connectivity index (χ0n) is 19.5. The highest BCUT2D eigenvalue weighted by molar-refractivity contribution is 9.10. The molecule has 0 aliphatic carbocycles. The highest BCUT2D eigenvalue weighted by atomic mass is 79.9. The van der Waals surface area contributed by atoms with Gasteiger partial charge in [0, 0.05) is 18.6 Å². The monoisotopic (exact) mass is 542 g/mol. The summed E-state index contributed by atoms with van der Waals surface area (Å²) >= 11 is 3.52. The van der Waals surface area contributed by atoms with Crippen LogP contribution in [0.4, 0.5) is 11.4 Å². The van der Waals surface area contributed by atoms with Crippen LogP contribution in [0.25, 0.3) is 0 Å². The third kappa shape index (κ3) is 6.03. The number of nitrogens with zero attached hydrogens (tertiary/aromatic N) is 3. The molecule has 3 aromatic rings. The number of halogens is 1. The fourth-order valence-corrected chi connectivity index (χ4v) is 5.57. The molecule has 178 valence electrons. The molecule has 0 saturated carbocycles. The van der Waals surface area contributed by atoms with Gasteiger partial charge in [-0.1, -0.05) is 36.4 Å². The number of benzene rings is 3. The van der Waals surface area contributed by atoms with Crippen LogP contribution in [0.5, 0.6) is 0 Å². The first kappa shape index (κ1) is 25.5. The van der Waals surface area contributed by atoms with Gasteiger partial charge in [0.15, 0.2) is 0 Å². The van der Waals surface area contributed by atoms with Gasteiger partial charge >= 0.3 is 0 Å². The van der Waals surface area contributed by atoms with E-state index in [0.717, 1.165) is 31.2 Å². The van der Waals surface area contributed by atoms with Gasteiger partial charge in [0.2, 0.25) is 0 Å². The molecular weight excluding hydrogens is 516 g/mol. The average Bonchev–Trinajstić information content (AvgIpc) is 2.79. The molecule has 3 aromatic carbocycles. The lowest BCUT2D eigenvalue weighted by Gasteiger charge is -2.25. The molecule has 0 radical (unpaired) electrons. The molecule has 0 spiro atoms. The second kappa shape index (κ2) is 10.8. The molecule has 0 aromatic heterocycles. The van der Waals surface area contributed by atoms with Crippen molar-refractivity contribution in [1.82, 2.24) is 5.43 Å². The van der Waals surface area contributed by atoms with Gasteiger partial charge in [-0.3, -0.25) is 9.10 Å². The van der Waals surface area contributed by atoms with E-state index in [1.165, 1.54) is 18.3 Å². The summed E-state index contributed by atoms with van der Waals surface area (Å²) in [5.41, 5.74) is 6.31. The number of sulfonamides is 1. The lowest BCUT2D eigenvalue weighted by Crippen LogP contribution is -2.40. The predicted molar refractivity (Wildman–Crippen MR) is 141 cm³/mol. The fraction of sp³-hybridized carbons (Fsp3) is 0.200. The predicted octanol–water partition coefficient (Wildman–Crippen LogP) is 4.48. The molecule has 0 unspecified atom stereocenters. The molecular formula is C25H27BrN4O3S. The van der Waals surface area contributed by atoms with Crippen LogP contribution >= 0.6 is 15.9 Å². The maximum atomic E-state index is 13.4. The number of hydrazone groups is 1. The van der Waals surface area contributed by atoms with E-state index in [1.54, 1.807) is 24.3 Å². The fourth-order valence-electron chi connectivity index (χ4n) is 3.32. The zero-order chi connectivity index (χ0) is 24.9. The van der Waals surface area contributed by atoms with E-state index >= 15 is 0 Å². The Bertz CT molecular complexity index is 1310. The van der Waals surface area contributed by atoms with Gasteiger partial charge in [-0.05, 0) is 76.8 Å². The Labute approximate surface area is 209 Å². The number of carbonyl (C=O) groups excluding carboxylic acids is 1. The topological polar surface area (TPSA) is 82.1 Å². The Morgan fingerprint density at radius 3 is 2.35 bits per heavy atom. The summed E-state index contributed by atoms with van der Waals surface area (Å²) in [5, 5.41) is 4.02. The van der Waals surface area contributed by atoms with Crippen LogP contribution in [0, 0.1) is 13.8 Å². The molecule has 0 heterocycles. The summed E-state index contributed by atoms with van der Waals surface area (Å²) < 4.78 is 28.9. The summed E-state index contributed by atoms with van der Waals surface area (Å²) in [4.78, 5) is 14.8. The maximum Gasteiger partial charge on any atom is 0.264 e. The Balaban J connectivity index is 1.84. The van der Waals surface area contributed by atoms with E-state index < -0.39 is 22.5 Å². The number of hydrogen-bond acceptors (Lipinski definition) is 5. The highest BCUT2D eigenvalue weighted by Gasteiger charge is 2.28. The van der Waals surface area contributed by atoms with Crippen molar-refractivity contribution < 1.29 is 13.2 Å². The molecule has 1 amide bonds. The van der Waals surface area contributed by atoms with Gasteiger partial charge in [-0.2, -0.15) is 5.10 Å². The smallest absolute Gasteiger partial charge is 0.264 e. The normalized spacial score (nSPS) is 11.4. The third-order valence-corrected chi connectivity index (χ3v) is 7.52. The van der Waals surface area contributed by atoms with E-state index in [1.807, 2.05) is 63.2 Å². The molecule has 34 heavy (non-hydrogen) atoms. The van der Waals surface area contributed by atoms with Crippen molar-refractivity contribution in [2.45, 2.75) is 18.7 Å². The number of carbonyl (C=O) groups is 1. The van der Waals surface area contributed by atoms with Crippen LogP contribution in [0.15, 0.2) is 81.2 Å². The minimum absolute atomic E-state index is 0.109. The number of rotatable bonds is 8. The molecule has 0 aliphatic rings. The number of hydrogen-bond donors (Lipinski definition) is 1. The molecule has 0 aliphatic heterocycles. The average molecular weight is 543 g/mol. The molecule has 0 atom stereocenters. The lowest BCUT2D eigenvalue weighted by atomic mass is 10.1. The van der Waals surface area contributed by atoms with Gasteiger partial charge in [-0.15, -0.1) is 0 Å². The van der Waals surface area contributed by atoms with Crippen molar-refractivity contribution in [3.05, 3.63) is 87.9 Å². The first-order valence-electron chi connectivity index (χ1n) is 10.5. The van der Waals surface area contributed by atoms with Crippen LogP contribution < -0.4 is 14.6 Å². The van der Waals surface area contributed by atoms with Crippen molar-refractivity contribution in [3.63, 3.8) is 0 Å². The molecule has 0 bridgehead atoms. The first-order chi connectivity index (χ1) is 16.1. The minimum atomic E-state index is -3.97. The molecule has 7 nitrogen and oxygen atoms in total. The van der Waals surface area contributed by atoms with Crippen LogP contribution in [-0.4, -0.2) is 41.2 Å². The molecule has 3 rings (SSSR count). The van der Waals surface area contributed by atoms with E-state index in [9.17, 15) is 13.2 Å². The molecule has 0 fully saturated rings. The second-order valence-corrected chi connectivity index (χ2v) is 10.7. The van der Waals surface area contributed by atoms with Gasteiger partial charge < -0.3 is 4.90 Å². The van der Waals surface area contributed by atoms with Crippen molar-refractivity contribution in [3.8, 4) is 0 Å². The standard InChI is InChI=1S/C25H27BrN4O3S/c1-18-10-11-19(2)24(14-18)30(34(32,33)21-8-6-5-7-9-21)17-25(31)28-27-16-20-12-13-23(29(3)4)22(26)15-20/h5-16H,17H2,1-4H3,(H,28,31). The Hall–Kier alpha value is -3.17. The van der Waals surface area contributed by atoms with Crippen LogP contribution in [-0.2, 0) is 14.8 Å². The maximum absolute atomic E-state index is 13.4. The zero-order valence-corrected chi connectivity index (χ0v) is 21.9. The van der Waals surface area contributed by atoms with Gasteiger partial charge in [0.05, 0.1) is 22.5 Å². The van der Waals surface area contributed by atoms with Gasteiger partial charge in [0.25, 0.3) is 15.9 Å². The van der Waals surface area contributed by atoms with Crippen molar-refractivity contribution in [2.75, 3.05) is 29.8 Å². The van der Waals surface area contributed by atoms with Crippen molar-refractivity contribution >= 4 is 49.4 Å². The molecule has 0 saturated heterocycles. The van der Waals surface area contributed by atoms with E-state index in [-0.39, 0.29) is 4.90 Å². The highest BCUT2D eigenvalue weighted by Crippen LogP contribution is 2.28. The number of aryl methyl sites for hydroxylation is 2. The number of amides is 1. The van der Waals surface area contributed by atoms with E-state index in [2.05, 4.69) is 26.5 Å². The summed E-state index contributed by atoms with van der Waals surface area (Å²) in [7, 11) is -0.0870. The van der Waals surface area contributed by atoms with Crippen LogP contribution in [0.3, 0.4) is 0 Å². The summed E-state index contributed by atoms with van der Waals surface area (Å²) in [6, 6.07) is 19.3. The molecule has 9 heteroatoms. The Kier molecular flexibility index (Phi) is 8.11. The van der Waals surface area contributed by atoms with Gasteiger partial charge in [0.1, 0.15) is 6.54 Å². The van der Waals surface area contributed by atoms with Crippen LogP contribution in [0.1, 0.15) is 16.7 Å². The quantitative estimate of drug-likeness (QED) is 0.336. The Morgan fingerprint density at radius 1 is 1.00 bits per heavy atom. The van der Waals surface area contributed by atoms with E-state index in [0.29, 0.717) is 5.69 Å². The van der Waals surface area contributed by atoms with Crippen molar-refractivity contribution in [2.24, 2.45) is 5.10 Å². The molecule has 1 N–H and O–H groups in total. The Morgan fingerprint density at radius 2 is 1.71 bits per heavy atom. The van der Waals surface area contributed by atoms with E-state index in [4.69, 9.17) is 0 Å². The SMILES string of the molecule is Cc1ccc(C)c(N(CC(=O)NN=Cc2ccc(N(C)C)c(Br)c2)S(=O)(=O)c2ccccc2)c1.